The number of carbonyl (C=O) groups excluding carboxylic acids is 4. The highest BCUT2D eigenvalue weighted by Gasteiger charge is 2.30. The standard InChI is InChI=1S/C83H136O17P2/c1-5-9-13-17-21-25-29-32-35-37-38-40-42-45-49-52-56-60-64-68-81(86)94-74-79(100-83(88)70-66-62-58-54-50-46-43-39-36-33-30-26-22-18-14-10-6-2)76-98-102(91,92)96-72-77(84)71-95-101(89,90)97-75-78(99-82(87)69-65-61-57-53-47-28-24-20-16-12-8-4)73-93-80(85)67-63-59-55-51-48-44-41-34-31-27-23-19-15-11-7-3/h9-11,13-15,21-23,25-27,32-36,38,40-41,43,45-46,49,56,60,77-79,84H,5-8,12,16-20,24,28-31,37,39,42,44,47-48,50-55,57-59,61-76H2,1-4H3,(H,89,90)(H,91,92)/b13-9-,14-10-,15-11-,25-21-,26-22-,27-23-,35-32-,36-33-,40-38-,41-34-,46-43-,49-45-,60-56-. The molecular weight excluding hydrogens is 1330 g/mol. The molecule has 17 nitrogen and oxygen atoms in total. The summed E-state index contributed by atoms with van der Waals surface area (Å²) < 4.78 is 68.4. The van der Waals surface area contributed by atoms with Gasteiger partial charge in [0.25, 0.3) is 0 Å². The number of carbonyl (C=O) groups is 4. The molecule has 580 valence electrons. The number of phosphoric acid groups is 2. The lowest BCUT2D eigenvalue weighted by molar-refractivity contribution is -0.161. The Morgan fingerprint density at radius 1 is 0.284 bits per heavy atom. The van der Waals surface area contributed by atoms with E-state index < -0.39 is 97.5 Å². The average Bonchev–Trinajstić information content (AvgIpc) is 0.921. The molecule has 0 saturated heterocycles. The first kappa shape index (κ1) is 96.7. The van der Waals surface area contributed by atoms with Gasteiger partial charge in [-0.1, -0.05) is 282 Å². The Bertz CT molecular complexity index is 2550. The second kappa shape index (κ2) is 74.0. The van der Waals surface area contributed by atoms with Crippen molar-refractivity contribution < 1.29 is 80.2 Å². The van der Waals surface area contributed by atoms with Gasteiger partial charge in [-0.15, -0.1) is 0 Å². The highest BCUT2D eigenvalue weighted by atomic mass is 31.2. The van der Waals surface area contributed by atoms with Crippen molar-refractivity contribution in [2.24, 2.45) is 0 Å². The molecule has 0 amide bonds. The van der Waals surface area contributed by atoms with Crippen LogP contribution in [0.4, 0.5) is 0 Å². The van der Waals surface area contributed by atoms with Crippen molar-refractivity contribution in [3.63, 3.8) is 0 Å². The summed E-state index contributed by atoms with van der Waals surface area (Å²) in [6.07, 6.45) is 85.3. The molecule has 0 radical (unpaired) electrons. The second-order valence-corrected chi connectivity index (χ2v) is 28.1. The SMILES string of the molecule is CC/C=C\C/C=C\C/C=C\C/C=C\C/C=C\C/C=C\CCC(=O)OCC(COP(=O)(O)OCC(O)COP(=O)(O)OCC(COC(=O)CCCCCCC/C=C\C/C=C\C/C=C\CC)OC(=O)CCCCCCCCCCCCC)OC(=O)CCCCCC/C=C\C/C=C\C/C=C\C/C=C\CC. The highest BCUT2D eigenvalue weighted by Crippen LogP contribution is 2.45. The zero-order valence-corrected chi connectivity index (χ0v) is 65.0. The molecule has 0 bridgehead atoms. The first-order chi connectivity index (χ1) is 49.7. The minimum absolute atomic E-state index is 0.0253. The minimum Gasteiger partial charge on any atom is -0.462 e. The Kier molecular flexibility index (Phi) is 70.1. The number of rotatable bonds is 71. The zero-order chi connectivity index (χ0) is 74.6. The number of aliphatic hydroxyl groups excluding tert-OH is 1. The van der Waals surface area contributed by atoms with Crippen LogP contribution in [0.3, 0.4) is 0 Å². The molecule has 0 aromatic carbocycles. The fourth-order valence-electron chi connectivity index (χ4n) is 9.72. The van der Waals surface area contributed by atoms with Crippen LogP contribution in [0.15, 0.2) is 158 Å². The molecule has 102 heavy (non-hydrogen) atoms. The number of unbranched alkanes of at least 4 members (excludes halogenated alkanes) is 19. The number of allylic oxidation sites excluding steroid dienone is 26. The van der Waals surface area contributed by atoms with Crippen molar-refractivity contribution in [1.29, 1.82) is 0 Å². The van der Waals surface area contributed by atoms with Gasteiger partial charge in [0.15, 0.2) is 12.2 Å². The van der Waals surface area contributed by atoms with Gasteiger partial charge in [0.2, 0.25) is 0 Å². The zero-order valence-electron chi connectivity index (χ0n) is 63.2. The molecule has 0 rings (SSSR count). The van der Waals surface area contributed by atoms with Crippen molar-refractivity contribution in [2.45, 2.75) is 303 Å². The van der Waals surface area contributed by atoms with E-state index in [4.69, 9.17) is 37.0 Å². The molecule has 5 atom stereocenters. The molecule has 0 aromatic heterocycles. The molecule has 5 unspecified atom stereocenters. The van der Waals surface area contributed by atoms with Gasteiger partial charge in [0.1, 0.15) is 19.3 Å². The van der Waals surface area contributed by atoms with E-state index in [1.807, 2.05) is 18.2 Å². The Morgan fingerprint density at radius 2 is 0.529 bits per heavy atom. The van der Waals surface area contributed by atoms with Crippen LogP contribution < -0.4 is 0 Å². The van der Waals surface area contributed by atoms with Crippen LogP contribution in [-0.4, -0.2) is 96.7 Å². The van der Waals surface area contributed by atoms with Gasteiger partial charge < -0.3 is 33.8 Å². The number of hydrogen-bond donors (Lipinski definition) is 3. The van der Waals surface area contributed by atoms with E-state index in [1.165, 1.54) is 38.5 Å². The molecule has 19 heteroatoms. The lowest BCUT2D eigenvalue weighted by atomic mass is 10.1. The number of aliphatic hydroxyl groups is 1. The van der Waals surface area contributed by atoms with E-state index in [-0.39, 0.29) is 25.7 Å². The Balaban J connectivity index is 5.45. The second-order valence-electron chi connectivity index (χ2n) is 25.2. The van der Waals surface area contributed by atoms with Crippen LogP contribution in [0.1, 0.15) is 285 Å². The molecule has 0 aliphatic carbocycles. The van der Waals surface area contributed by atoms with E-state index in [2.05, 4.69) is 167 Å². The summed E-state index contributed by atoms with van der Waals surface area (Å²) in [5.74, 6) is -2.33. The van der Waals surface area contributed by atoms with E-state index in [0.717, 1.165) is 161 Å². The van der Waals surface area contributed by atoms with E-state index in [9.17, 15) is 43.2 Å². The van der Waals surface area contributed by atoms with Crippen LogP contribution >= 0.6 is 15.6 Å². The fraction of sp³-hybridized carbons (Fsp3) is 0.639. The third-order valence-corrected chi connectivity index (χ3v) is 17.4. The van der Waals surface area contributed by atoms with Gasteiger partial charge in [-0.05, 0) is 135 Å². The highest BCUT2D eigenvalue weighted by molar-refractivity contribution is 7.47. The molecule has 0 fully saturated rings. The van der Waals surface area contributed by atoms with Crippen LogP contribution in [0.25, 0.3) is 0 Å². The van der Waals surface area contributed by atoms with Gasteiger partial charge in [-0.3, -0.25) is 37.3 Å². The minimum atomic E-state index is -5.01. The van der Waals surface area contributed by atoms with E-state index in [0.29, 0.717) is 32.1 Å². The van der Waals surface area contributed by atoms with Gasteiger partial charge in [0, 0.05) is 25.7 Å². The monoisotopic (exact) mass is 1470 g/mol. The van der Waals surface area contributed by atoms with Crippen molar-refractivity contribution in [3.8, 4) is 0 Å². The molecule has 0 saturated carbocycles. The lowest BCUT2D eigenvalue weighted by Gasteiger charge is -2.21. The largest absolute Gasteiger partial charge is 0.472 e. The molecular formula is C83H136O17P2. The predicted octanol–water partition coefficient (Wildman–Crippen LogP) is 22.4. The molecule has 0 aromatic rings. The summed E-state index contributed by atoms with van der Waals surface area (Å²) in [6.45, 7) is 4.38. The molecule has 0 aliphatic rings. The fourth-order valence-corrected chi connectivity index (χ4v) is 11.3. The summed E-state index contributed by atoms with van der Waals surface area (Å²) in [5.41, 5.74) is 0. The smallest absolute Gasteiger partial charge is 0.462 e. The van der Waals surface area contributed by atoms with Gasteiger partial charge >= 0.3 is 39.5 Å². The van der Waals surface area contributed by atoms with Crippen molar-refractivity contribution in [3.05, 3.63) is 158 Å². The van der Waals surface area contributed by atoms with Gasteiger partial charge in [0.05, 0.1) is 26.4 Å². The van der Waals surface area contributed by atoms with Crippen LogP contribution in [-0.2, 0) is 65.4 Å². The summed E-state index contributed by atoms with van der Waals surface area (Å²) >= 11 is 0. The van der Waals surface area contributed by atoms with Crippen molar-refractivity contribution in [2.75, 3.05) is 39.6 Å². The molecule has 0 spiro atoms. The van der Waals surface area contributed by atoms with E-state index in [1.54, 1.807) is 0 Å². The molecule has 0 aliphatic heterocycles. The summed E-state index contributed by atoms with van der Waals surface area (Å²) in [7, 11) is -9.99. The lowest BCUT2D eigenvalue weighted by Crippen LogP contribution is -2.30. The average molecular weight is 1470 g/mol. The maximum Gasteiger partial charge on any atom is 0.472 e. The normalized spacial score (nSPS) is 14.8. The number of phosphoric ester groups is 2. The van der Waals surface area contributed by atoms with Gasteiger partial charge in [-0.25, -0.2) is 9.13 Å². The number of ether oxygens (including phenoxy) is 4. The van der Waals surface area contributed by atoms with Crippen LogP contribution in [0, 0.1) is 0 Å². The summed E-state index contributed by atoms with van der Waals surface area (Å²) in [6, 6.07) is 0. The topological polar surface area (TPSA) is 237 Å². The maximum atomic E-state index is 13.1. The van der Waals surface area contributed by atoms with E-state index >= 15 is 0 Å². The third kappa shape index (κ3) is 73.0. The van der Waals surface area contributed by atoms with Crippen LogP contribution in [0.2, 0.25) is 0 Å². The molecule has 3 N–H and O–H groups in total. The number of esters is 4. The Morgan fingerprint density at radius 3 is 0.843 bits per heavy atom. The summed E-state index contributed by atoms with van der Waals surface area (Å²) in [4.78, 5) is 72.9. The Hall–Kier alpha value is -5.32. The van der Waals surface area contributed by atoms with Crippen LogP contribution in [0.5, 0.6) is 0 Å². The predicted molar refractivity (Wildman–Crippen MR) is 417 cm³/mol. The summed E-state index contributed by atoms with van der Waals surface area (Å²) in [5, 5.41) is 10.6. The van der Waals surface area contributed by atoms with Crippen molar-refractivity contribution >= 4 is 39.5 Å². The van der Waals surface area contributed by atoms with Gasteiger partial charge in [-0.2, -0.15) is 0 Å². The maximum absolute atomic E-state index is 13.1. The number of hydrogen-bond acceptors (Lipinski definition) is 15. The molecule has 0 heterocycles. The van der Waals surface area contributed by atoms with Crippen molar-refractivity contribution in [1.82, 2.24) is 0 Å². The Labute approximate surface area is 617 Å². The third-order valence-electron chi connectivity index (χ3n) is 15.5. The quantitative estimate of drug-likeness (QED) is 0.0169. The first-order valence-electron chi connectivity index (χ1n) is 38.7. The first-order valence-corrected chi connectivity index (χ1v) is 41.7.